The highest BCUT2D eigenvalue weighted by atomic mass is 35.5. The Morgan fingerprint density at radius 2 is 1.77 bits per heavy atom. The van der Waals surface area contributed by atoms with Crippen molar-refractivity contribution in [1.29, 1.82) is 0 Å². The highest BCUT2D eigenvalue weighted by molar-refractivity contribution is 6.42. The highest BCUT2D eigenvalue weighted by Crippen LogP contribution is 2.31. The molecule has 1 saturated heterocycles. The van der Waals surface area contributed by atoms with Gasteiger partial charge in [-0.3, -0.25) is 19.8 Å². The maximum absolute atomic E-state index is 12.9. The lowest BCUT2D eigenvalue weighted by molar-refractivity contribution is -0.384. The third-order valence-corrected chi connectivity index (χ3v) is 4.99. The summed E-state index contributed by atoms with van der Waals surface area (Å²) in [5, 5.41) is 14.1. The summed E-state index contributed by atoms with van der Waals surface area (Å²) in [6, 6.07) is 9.80. The van der Waals surface area contributed by atoms with Gasteiger partial charge < -0.3 is 5.32 Å². The van der Waals surface area contributed by atoms with Crippen LogP contribution in [0.5, 0.6) is 0 Å². The fourth-order valence-electron chi connectivity index (χ4n) is 2.77. The normalized spacial score (nSPS) is 19.6. The van der Waals surface area contributed by atoms with Crippen LogP contribution in [0.25, 0.3) is 0 Å². The molecule has 0 radical (unpaired) electrons. The van der Waals surface area contributed by atoms with Crippen molar-refractivity contribution in [3.8, 4) is 0 Å². The Kier molecular flexibility index (Phi) is 4.60. The Bertz CT molecular complexity index is 917. The van der Waals surface area contributed by atoms with Crippen LogP contribution in [0.1, 0.15) is 18.1 Å². The van der Waals surface area contributed by atoms with Gasteiger partial charge in [-0.2, -0.15) is 0 Å². The molecule has 1 aliphatic heterocycles. The molecule has 1 heterocycles. The number of hydrogen-bond acceptors (Lipinski definition) is 4. The summed E-state index contributed by atoms with van der Waals surface area (Å²) in [5.41, 5.74) is -0.293. The number of non-ortho nitro benzene ring substituents is 1. The van der Waals surface area contributed by atoms with Gasteiger partial charge in [0.25, 0.3) is 11.6 Å². The lowest BCUT2D eigenvalue weighted by Crippen LogP contribution is -2.40. The monoisotopic (exact) mass is 393 g/mol. The van der Waals surface area contributed by atoms with Gasteiger partial charge >= 0.3 is 6.03 Å². The standard InChI is InChI=1S/C17H13Cl2N3O4/c1-17(11-3-5-12(6-4-11)22(25)26)15(23)21(16(24)20-17)9-10-2-7-13(18)14(19)8-10/h2-8H,9H2,1H3,(H,20,24). The molecule has 0 aliphatic carbocycles. The molecule has 0 spiro atoms. The maximum atomic E-state index is 12.9. The van der Waals surface area contributed by atoms with Crippen molar-refractivity contribution in [3.63, 3.8) is 0 Å². The molecular formula is C17H13Cl2N3O4. The first-order valence-corrected chi connectivity index (χ1v) is 8.31. The largest absolute Gasteiger partial charge is 0.325 e. The summed E-state index contributed by atoms with van der Waals surface area (Å²) in [5.74, 6) is -0.456. The molecule has 7 nitrogen and oxygen atoms in total. The van der Waals surface area contributed by atoms with Crippen LogP contribution in [0.15, 0.2) is 42.5 Å². The van der Waals surface area contributed by atoms with Crippen molar-refractivity contribution >= 4 is 40.8 Å². The second kappa shape index (κ2) is 6.59. The van der Waals surface area contributed by atoms with E-state index in [2.05, 4.69) is 5.32 Å². The summed E-state index contributed by atoms with van der Waals surface area (Å²) in [6.45, 7) is 1.59. The molecule has 1 aliphatic rings. The van der Waals surface area contributed by atoms with Crippen molar-refractivity contribution in [2.45, 2.75) is 19.0 Å². The average Bonchev–Trinajstić information content (AvgIpc) is 2.82. The van der Waals surface area contributed by atoms with E-state index >= 15 is 0 Å². The molecule has 1 unspecified atom stereocenters. The average molecular weight is 394 g/mol. The molecule has 134 valence electrons. The molecule has 2 aromatic carbocycles. The first-order valence-electron chi connectivity index (χ1n) is 7.55. The molecule has 9 heteroatoms. The number of nitrogens with one attached hydrogen (secondary N) is 1. The van der Waals surface area contributed by atoms with Gasteiger partial charge in [-0.1, -0.05) is 29.3 Å². The van der Waals surface area contributed by atoms with Gasteiger partial charge in [0.05, 0.1) is 21.5 Å². The zero-order chi connectivity index (χ0) is 19.1. The van der Waals surface area contributed by atoms with E-state index < -0.39 is 22.4 Å². The molecule has 1 atom stereocenters. The van der Waals surface area contributed by atoms with Crippen LogP contribution in [-0.4, -0.2) is 21.8 Å². The van der Waals surface area contributed by atoms with Crippen molar-refractivity contribution in [3.05, 3.63) is 73.8 Å². The van der Waals surface area contributed by atoms with Crippen LogP contribution in [0.3, 0.4) is 0 Å². The quantitative estimate of drug-likeness (QED) is 0.484. The molecule has 2 aromatic rings. The van der Waals surface area contributed by atoms with Gasteiger partial charge in [-0.15, -0.1) is 0 Å². The van der Waals surface area contributed by atoms with Crippen LogP contribution in [0.4, 0.5) is 10.5 Å². The number of hydrogen-bond donors (Lipinski definition) is 1. The Morgan fingerprint density at radius 1 is 1.12 bits per heavy atom. The summed E-state index contributed by atoms with van der Waals surface area (Å²) < 4.78 is 0. The summed E-state index contributed by atoms with van der Waals surface area (Å²) in [4.78, 5) is 36.5. The fraction of sp³-hybridized carbons (Fsp3) is 0.176. The number of benzene rings is 2. The van der Waals surface area contributed by atoms with Crippen LogP contribution in [-0.2, 0) is 16.9 Å². The number of carbonyl (C=O) groups excluding carboxylic acids is 2. The van der Waals surface area contributed by atoms with Crippen LogP contribution < -0.4 is 5.32 Å². The first kappa shape index (κ1) is 18.2. The zero-order valence-electron chi connectivity index (χ0n) is 13.5. The highest BCUT2D eigenvalue weighted by Gasteiger charge is 2.49. The Morgan fingerprint density at radius 3 is 2.35 bits per heavy atom. The van der Waals surface area contributed by atoms with E-state index in [1.807, 2.05) is 0 Å². The molecule has 1 fully saturated rings. The van der Waals surface area contributed by atoms with Gasteiger partial charge in [0.1, 0.15) is 5.54 Å². The molecule has 0 saturated carbocycles. The van der Waals surface area contributed by atoms with Crippen molar-refractivity contribution < 1.29 is 14.5 Å². The SMILES string of the molecule is CC1(c2ccc([N+](=O)[O-])cc2)NC(=O)N(Cc2ccc(Cl)c(Cl)c2)C1=O. The van der Waals surface area contributed by atoms with E-state index in [4.69, 9.17) is 23.2 Å². The number of nitro groups is 1. The smallest absolute Gasteiger partial charge is 0.319 e. The number of nitro benzene ring substituents is 1. The van der Waals surface area contributed by atoms with E-state index in [1.54, 1.807) is 25.1 Å². The van der Waals surface area contributed by atoms with Crippen molar-refractivity contribution in [2.75, 3.05) is 0 Å². The number of halogens is 2. The molecule has 0 aromatic heterocycles. The van der Waals surface area contributed by atoms with E-state index in [1.165, 1.54) is 24.3 Å². The molecule has 26 heavy (non-hydrogen) atoms. The zero-order valence-corrected chi connectivity index (χ0v) is 15.0. The molecule has 3 amide bonds. The lowest BCUT2D eigenvalue weighted by atomic mass is 9.92. The summed E-state index contributed by atoms with van der Waals surface area (Å²) in [7, 11) is 0. The minimum atomic E-state index is -1.30. The minimum absolute atomic E-state index is 0.0319. The number of carbonyl (C=O) groups is 2. The number of urea groups is 1. The van der Waals surface area contributed by atoms with Gasteiger partial charge in [0.2, 0.25) is 0 Å². The first-order chi connectivity index (χ1) is 12.2. The predicted molar refractivity (Wildman–Crippen MR) is 96.0 cm³/mol. The predicted octanol–water partition coefficient (Wildman–Crippen LogP) is 3.87. The van der Waals surface area contributed by atoms with E-state index in [0.717, 1.165) is 4.90 Å². The fourth-order valence-corrected chi connectivity index (χ4v) is 3.09. The van der Waals surface area contributed by atoms with Gasteiger partial charge in [0.15, 0.2) is 0 Å². The van der Waals surface area contributed by atoms with Crippen molar-refractivity contribution in [2.24, 2.45) is 0 Å². The van der Waals surface area contributed by atoms with E-state index in [9.17, 15) is 19.7 Å². The number of nitrogens with zero attached hydrogens (tertiary/aromatic N) is 2. The summed E-state index contributed by atoms with van der Waals surface area (Å²) >= 11 is 11.8. The Hall–Kier alpha value is -2.64. The third-order valence-electron chi connectivity index (χ3n) is 4.26. The van der Waals surface area contributed by atoms with Gasteiger partial charge in [-0.05, 0) is 42.3 Å². The topological polar surface area (TPSA) is 92.6 Å². The Labute approximate surface area is 158 Å². The number of rotatable bonds is 4. The van der Waals surface area contributed by atoms with Crippen LogP contribution >= 0.6 is 23.2 Å². The molecular weight excluding hydrogens is 381 g/mol. The van der Waals surface area contributed by atoms with Crippen molar-refractivity contribution in [1.82, 2.24) is 10.2 Å². The van der Waals surface area contributed by atoms with E-state index in [0.29, 0.717) is 21.2 Å². The van der Waals surface area contributed by atoms with Crippen LogP contribution in [0.2, 0.25) is 10.0 Å². The van der Waals surface area contributed by atoms with E-state index in [-0.39, 0.29) is 12.2 Å². The number of amides is 3. The second-order valence-corrected chi connectivity index (χ2v) is 6.81. The van der Waals surface area contributed by atoms with Gasteiger partial charge in [0, 0.05) is 12.1 Å². The number of imide groups is 1. The van der Waals surface area contributed by atoms with Gasteiger partial charge in [-0.25, -0.2) is 4.79 Å². The third kappa shape index (κ3) is 3.11. The molecule has 0 bridgehead atoms. The second-order valence-electron chi connectivity index (χ2n) is 6.00. The molecule has 1 N–H and O–H groups in total. The maximum Gasteiger partial charge on any atom is 0.325 e. The Balaban J connectivity index is 1.87. The van der Waals surface area contributed by atoms with Crippen LogP contribution in [0, 0.1) is 10.1 Å². The molecule has 3 rings (SSSR count). The lowest BCUT2D eigenvalue weighted by Gasteiger charge is -2.22. The summed E-state index contributed by atoms with van der Waals surface area (Å²) in [6.07, 6.45) is 0. The minimum Gasteiger partial charge on any atom is -0.319 e.